The van der Waals surface area contributed by atoms with Crippen molar-refractivity contribution >= 4 is 7.81 Å². The van der Waals surface area contributed by atoms with Crippen LogP contribution in [0.25, 0.3) is 5.69 Å². The second-order valence-electron chi connectivity index (χ2n) is 6.47. The van der Waals surface area contributed by atoms with E-state index in [9.17, 15) is 25.2 Å². The molecule has 2 nitrogen and oxygen atoms in total. The van der Waals surface area contributed by atoms with Gasteiger partial charge in [0.05, 0.1) is 6.54 Å². The van der Waals surface area contributed by atoms with Crippen LogP contribution in [-0.2, 0) is 6.54 Å². The van der Waals surface area contributed by atoms with Gasteiger partial charge in [-0.25, -0.2) is 9.13 Å². The molecule has 0 radical (unpaired) electrons. The molecule has 0 saturated carbocycles. The van der Waals surface area contributed by atoms with Crippen LogP contribution in [0.2, 0.25) is 0 Å². The van der Waals surface area contributed by atoms with E-state index in [1.54, 1.807) is 0 Å². The summed E-state index contributed by atoms with van der Waals surface area (Å²) in [5.74, 6) is 0. The summed E-state index contributed by atoms with van der Waals surface area (Å²) in [6.07, 6.45) is 10.4. The molecule has 9 heteroatoms. The van der Waals surface area contributed by atoms with Gasteiger partial charge in [0.2, 0.25) is 6.33 Å². The first-order valence-corrected chi connectivity index (χ1v) is 10.3. The van der Waals surface area contributed by atoms with Gasteiger partial charge in [0.15, 0.2) is 0 Å². The zero-order valence-corrected chi connectivity index (χ0v) is 16.2. The van der Waals surface area contributed by atoms with E-state index in [2.05, 4.69) is 67.7 Å². The third-order valence-corrected chi connectivity index (χ3v) is 3.60. The zero-order valence-electron chi connectivity index (χ0n) is 15.3. The van der Waals surface area contributed by atoms with E-state index in [0.29, 0.717) is 0 Å². The maximum atomic E-state index is 9.87. The molecule has 0 N–H and O–H groups in total. The van der Waals surface area contributed by atoms with Crippen molar-refractivity contribution in [1.82, 2.24) is 4.57 Å². The number of unbranched alkanes of at least 4 members (excludes halogenated alkanes) is 2. The third-order valence-electron chi connectivity index (χ3n) is 3.60. The minimum absolute atomic E-state index is 1.12. The maximum absolute atomic E-state index is 10.7. The molecule has 0 bridgehead atoms. The Balaban J connectivity index is 0.000000412. The first kappa shape index (κ1) is 22.5. The molecule has 0 saturated heterocycles. The van der Waals surface area contributed by atoms with Crippen LogP contribution < -0.4 is 4.57 Å². The van der Waals surface area contributed by atoms with Gasteiger partial charge < -0.3 is 0 Å². The summed E-state index contributed by atoms with van der Waals surface area (Å²) in [6.45, 7) is 9.90. The van der Waals surface area contributed by atoms with Gasteiger partial charge in [0, 0.05) is 0 Å². The Hall–Kier alpha value is -1.56. The minimum atomic E-state index is -10.7. The van der Waals surface area contributed by atoms with Crippen LogP contribution in [-0.4, -0.2) is 4.57 Å². The van der Waals surface area contributed by atoms with Gasteiger partial charge in [0.25, 0.3) is 0 Å². The predicted octanol–water partition coefficient (Wildman–Crippen LogP) is 7.26. The monoisotopic (exact) mass is 402 g/mol. The molecule has 0 aliphatic heterocycles. The van der Waals surface area contributed by atoms with Crippen LogP contribution in [0.3, 0.4) is 0 Å². The predicted molar refractivity (Wildman–Crippen MR) is 93.3 cm³/mol. The molecule has 1 heterocycles. The molecule has 0 spiro atoms. The van der Waals surface area contributed by atoms with Crippen molar-refractivity contribution in [3.05, 3.63) is 47.5 Å². The van der Waals surface area contributed by atoms with E-state index in [-0.39, 0.29) is 0 Å². The molecule has 0 unspecified atom stereocenters. The van der Waals surface area contributed by atoms with E-state index >= 15 is 0 Å². The molecular weight excluding hydrogens is 377 g/mol. The van der Waals surface area contributed by atoms with Crippen LogP contribution in [0.4, 0.5) is 25.2 Å². The number of benzene rings is 1. The van der Waals surface area contributed by atoms with Crippen LogP contribution in [0.15, 0.2) is 30.9 Å². The summed E-state index contributed by atoms with van der Waals surface area (Å²) in [5, 5.41) is 0. The van der Waals surface area contributed by atoms with E-state index in [1.165, 1.54) is 41.6 Å². The van der Waals surface area contributed by atoms with Crippen molar-refractivity contribution in [2.24, 2.45) is 0 Å². The molecular formula is C17H25F6N2P. The molecule has 0 aliphatic rings. The number of aryl methyl sites for hydroxylation is 4. The first-order chi connectivity index (χ1) is 11.6. The average molecular weight is 402 g/mol. The van der Waals surface area contributed by atoms with Crippen molar-refractivity contribution in [3.8, 4) is 5.69 Å². The second-order valence-corrected chi connectivity index (χ2v) is 8.39. The summed E-state index contributed by atoms with van der Waals surface area (Å²) in [7, 11) is -10.7. The fraction of sp³-hybridized carbons (Fsp3) is 0.471. The molecule has 1 aromatic carbocycles. The number of hydrogen-bond acceptors (Lipinski definition) is 0. The van der Waals surface area contributed by atoms with Crippen molar-refractivity contribution in [1.29, 1.82) is 0 Å². The Bertz CT molecular complexity index is 716. The Morgan fingerprint density at radius 2 is 1.42 bits per heavy atom. The van der Waals surface area contributed by atoms with Crippen molar-refractivity contribution in [2.45, 2.75) is 53.5 Å². The van der Waals surface area contributed by atoms with E-state index in [4.69, 9.17) is 0 Å². The van der Waals surface area contributed by atoms with E-state index in [0.717, 1.165) is 6.54 Å². The summed E-state index contributed by atoms with van der Waals surface area (Å²) < 4.78 is 63.7. The summed E-state index contributed by atoms with van der Waals surface area (Å²) >= 11 is 0. The molecule has 2 rings (SSSR count). The number of nitrogens with zero attached hydrogens (tertiary/aromatic N) is 2. The third kappa shape index (κ3) is 9.80. The zero-order chi connectivity index (χ0) is 20.2. The normalized spacial score (nSPS) is 14.2. The fourth-order valence-corrected chi connectivity index (χ4v) is 2.78. The summed E-state index contributed by atoms with van der Waals surface area (Å²) in [5.41, 5.74) is 5.34. The van der Waals surface area contributed by atoms with Gasteiger partial charge in [-0.1, -0.05) is 31.0 Å². The molecule has 0 aliphatic carbocycles. The van der Waals surface area contributed by atoms with Crippen LogP contribution in [0.5, 0.6) is 0 Å². The van der Waals surface area contributed by atoms with Crippen LogP contribution >= 0.6 is 7.81 Å². The number of rotatable bonds is 5. The Labute approximate surface area is 149 Å². The Kier molecular flexibility index (Phi) is 6.24. The molecule has 0 amide bonds. The fourth-order valence-electron chi connectivity index (χ4n) is 2.78. The second kappa shape index (κ2) is 7.22. The van der Waals surface area contributed by atoms with Crippen LogP contribution in [0.1, 0.15) is 42.9 Å². The summed E-state index contributed by atoms with van der Waals surface area (Å²) in [6, 6.07) is 4.51. The molecule has 1 aromatic heterocycles. The van der Waals surface area contributed by atoms with Gasteiger partial charge in [0.1, 0.15) is 18.1 Å². The molecule has 2 aromatic rings. The Morgan fingerprint density at radius 3 is 1.88 bits per heavy atom. The van der Waals surface area contributed by atoms with Gasteiger partial charge in [-0.3, -0.25) is 0 Å². The number of imidazole rings is 1. The van der Waals surface area contributed by atoms with Crippen LogP contribution in [0, 0.1) is 20.8 Å². The number of hydrogen-bond donors (Lipinski definition) is 0. The molecule has 150 valence electrons. The van der Waals surface area contributed by atoms with Crippen molar-refractivity contribution in [3.63, 3.8) is 0 Å². The standard InChI is InChI=1S/C17H25N2.F6P/c1-5-6-7-8-18-9-10-19(13-18)17-15(3)11-14(2)12-16(17)4;1-7(2,3,4,5)6/h9-13H,5-8H2,1-4H3;/q+1;-1. The SMILES string of the molecule is CCCCC[n+]1ccn(-c2c(C)cc(C)cc2C)c1.F[P-](F)(F)(F)(F)F. The molecule has 0 atom stereocenters. The van der Waals surface area contributed by atoms with Gasteiger partial charge >= 0.3 is 33.0 Å². The van der Waals surface area contributed by atoms with Gasteiger partial charge in [-0.15, -0.1) is 0 Å². The molecule has 26 heavy (non-hydrogen) atoms. The topological polar surface area (TPSA) is 8.81 Å². The van der Waals surface area contributed by atoms with E-state index < -0.39 is 7.81 Å². The van der Waals surface area contributed by atoms with E-state index in [1.807, 2.05) is 0 Å². The first-order valence-electron chi connectivity index (χ1n) is 8.28. The van der Waals surface area contributed by atoms with Gasteiger partial charge in [-0.2, -0.15) is 0 Å². The average Bonchev–Trinajstić information content (AvgIpc) is 2.82. The number of halogens is 6. The van der Waals surface area contributed by atoms with Crippen molar-refractivity contribution in [2.75, 3.05) is 0 Å². The molecule has 0 fully saturated rings. The summed E-state index contributed by atoms with van der Waals surface area (Å²) in [4.78, 5) is 0. The van der Waals surface area contributed by atoms with Crippen molar-refractivity contribution < 1.29 is 29.7 Å². The quantitative estimate of drug-likeness (QED) is 0.215. The number of aromatic nitrogens is 2. The Morgan fingerprint density at radius 1 is 0.923 bits per heavy atom. The van der Waals surface area contributed by atoms with Gasteiger partial charge in [-0.05, 0) is 44.7 Å².